The van der Waals surface area contributed by atoms with Gasteiger partial charge in [-0.25, -0.2) is 0 Å². The summed E-state index contributed by atoms with van der Waals surface area (Å²) >= 11 is 0. The fourth-order valence-electron chi connectivity index (χ4n) is 3.18. The maximum atomic E-state index is 2.41. The summed E-state index contributed by atoms with van der Waals surface area (Å²) in [6, 6.07) is 8.84. The smallest absolute Gasteiger partial charge is 0.0745 e. The Hall–Kier alpha value is -1.34. The van der Waals surface area contributed by atoms with E-state index in [2.05, 4.69) is 62.5 Å². The zero-order chi connectivity index (χ0) is 12.7. The standard InChI is InChI=1S/C17H19Si/c1-12-11-13-7-4-5-8-14(13)17(12)15-9-6-10-16(15)18(2)3/h4-9,11,17H,10H2,1-3H3. The van der Waals surface area contributed by atoms with Crippen molar-refractivity contribution in [3.05, 3.63) is 63.9 Å². The van der Waals surface area contributed by atoms with E-state index in [-0.39, 0.29) is 8.80 Å². The van der Waals surface area contributed by atoms with Gasteiger partial charge in [-0.1, -0.05) is 66.4 Å². The fourth-order valence-corrected chi connectivity index (χ4v) is 4.51. The van der Waals surface area contributed by atoms with Crippen LogP contribution in [0.3, 0.4) is 0 Å². The molecule has 0 heterocycles. The number of rotatable bonds is 2. The minimum absolute atomic E-state index is 0.332. The van der Waals surface area contributed by atoms with Crippen molar-refractivity contribution in [2.75, 3.05) is 0 Å². The lowest BCUT2D eigenvalue weighted by molar-refractivity contribution is 0.972. The van der Waals surface area contributed by atoms with Crippen LogP contribution in [0.2, 0.25) is 13.1 Å². The van der Waals surface area contributed by atoms with Gasteiger partial charge >= 0.3 is 0 Å². The average molecular weight is 251 g/mol. The maximum Gasteiger partial charge on any atom is 0.0745 e. The topological polar surface area (TPSA) is 0 Å². The first-order valence-electron chi connectivity index (χ1n) is 6.65. The van der Waals surface area contributed by atoms with Gasteiger partial charge in [-0.2, -0.15) is 0 Å². The molecule has 0 bridgehead atoms. The molecule has 1 radical (unpaired) electrons. The molecule has 1 aromatic carbocycles. The highest BCUT2D eigenvalue weighted by molar-refractivity contribution is 6.64. The van der Waals surface area contributed by atoms with Gasteiger partial charge in [0.05, 0.1) is 8.80 Å². The van der Waals surface area contributed by atoms with Crippen molar-refractivity contribution in [1.29, 1.82) is 0 Å². The second kappa shape index (κ2) is 4.40. The van der Waals surface area contributed by atoms with Crippen molar-refractivity contribution in [3.8, 4) is 0 Å². The lowest BCUT2D eigenvalue weighted by Crippen LogP contribution is -2.10. The molecule has 18 heavy (non-hydrogen) atoms. The van der Waals surface area contributed by atoms with Crippen LogP contribution >= 0.6 is 0 Å². The largest absolute Gasteiger partial charge is 0.0806 e. The van der Waals surface area contributed by atoms with E-state index in [4.69, 9.17) is 0 Å². The third-order valence-corrected chi connectivity index (χ3v) is 5.73. The van der Waals surface area contributed by atoms with Gasteiger partial charge in [0.2, 0.25) is 0 Å². The van der Waals surface area contributed by atoms with Crippen LogP contribution in [0.1, 0.15) is 30.4 Å². The highest BCUT2D eigenvalue weighted by atomic mass is 28.3. The molecule has 0 saturated heterocycles. The van der Waals surface area contributed by atoms with E-state index in [9.17, 15) is 0 Å². The molecule has 2 aliphatic carbocycles. The van der Waals surface area contributed by atoms with E-state index in [1.165, 1.54) is 23.1 Å². The molecule has 0 aromatic heterocycles. The molecule has 1 aromatic rings. The number of benzene rings is 1. The molecule has 0 N–H and O–H groups in total. The summed E-state index contributed by atoms with van der Waals surface area (Å²) in [5.41, 5.74) is 6.00. The first-order chi connectivity index (χ1) is 8.68. The monoisotopic (exact) mass is 251 g/mol. The summed E-state index contributed by atoms with van der Waals surface area (Å²) < 4.78 is 0. The quantitative estimate of drug-likeness (QED) is 0.666. The molecule has 0 saturated carbocycles. The van der Waals surface area contributed by atoms with E-state index in [0.717, 1.165) is 0 Å². The fraction of sp³-hybridized carbons (Fsp3) is 0.294. The van der Waals surface area contributed by atoms with Crippen molar-refractivity contribution >= 4 is 14.9 Å². The summed E-state index contributed by atoms with van der Waals surface area (Å²) in [7, 11) is -0.332. The van der Waals surface area contributed by atoms with E-state index in [1.807, 2.05) is 0 Å². The highest BCUT2D eigenvalue weighted by Gasteiger charge is 2.28. The Kier molecular flexibility index (Phi) is 2.87. The molecule has 0 amide bonds. The Labute approximate surface area is 111 Å². The molecule has 0 aliphatic heterocycles. The highest BCUT2D eigenvalue weighted by Crippen LogP contribution is 2.44. The van der Waals surface area contributed by atoms with E-state index >= 15 is 0 Å². The van der Waals surface area contributed by atoms with Crippen molar-refractivity contribution in [2.24, 2.45) is 0 Å². The minimum Gasteiger partial charge on any atom is -0.0806 e. The Bertz CT molecular complexity index is 573. The molecule has 2 aliphatic rings. The molecule has 0 spiro atoms. The molecule has 91 valence electrons. The second-order valence-electron chi connectivity index (χ2n) is 5.49. The first-order valence-corrected chi connectivity index (χ1v) is 9.15. The lowest BCUT2D eigenvalue weighted by Gasteiger charge is -2.19. The molecule has 1 unspecified atom stereocenters. The van der Waals surface area contributed by atoms with Crippen molar-refractivity contribution in [1.82, 2.24) is 0 Å². The number of allylic oxidation sites excluding steroid dienone is 5. The molecular weight excluding hydrogens is 232 g/mol. The zero-order valence-electron chi connectivity index (χ0n) is 11.3. The number of fused-ring (bicyclic) bond motifs is 1. The van der Waals surface area contributed by atoms with E-state index < -0.39 is 0 Å². The minimum atomic E-state index is -0.332. The van der Waals surface area contributed by atoms with Crippen LogP contribution in [0.4, 0.5) is 0 Å². The summed E-state index contributed by atoms with van der Waals surface area (Å²) in [5.74, 6) is 0.523. The predicted molar refractivity (Wildman–Crippen MR) is 81.1 cm³/mol. The normalized spacial score (nSPS) is 21.8. The Balaban J connectivity index is 2.11. The van der Waals surface area contributed by atoms with Crippen molar-refractivity contribution in [2.45, 2.75) is 32.4 Å². The van der Waals surface area contributed by atoms with Gasteiger partial charge in [0.15, 0.2) is 0 Å². The molecule has 0 fully saturated rings. The summed E-state index contributed by atoms with van der Waals surface area (Å²) in [4.78, 5) is 0. The lowest BCUT2D eigenvalue weighted by atomic mass is 9.89. The van der Waals surface area contributed by atoms with Gasteiger partial charge in [-0.15, -0.1) is 0 Å². The van der Waals surface area contributed by atoms with Gasteiger partial charge in [0.1, 0.15) is 0 Å². The van der Waals surface area contributed by atoms with Crippen LogP contribution in [-0.2, 0) is 0 Å². The predicted octanol–water partition coefficient (Wildman–Crippen LogP) is 4.74. The van der Waals surface area contributed by atoms with Crippen LogP contribution in [-0.4, -0.2) is 8.80 Å². The van der Waals surface area contributed by atoms with Crippen LogP contribution in [0.5, 0.6) is 0 Å². The average Bonchev–Trinajstić information content (AvgIpc) is 2.91. The van der Waals surface area contributed by atoms with Crippen LogP contribution < -0.4 is 0 Å². The van der Waals surface area contributed by atoms with Crippen LogP contribution in [0.25, 0.3) is 6.08 Å². The zero-order valence-corrected chi connectivity index (χ0v) is 12.3. The van der Waals surface area contributed by atoms with E-state index in [0.29, 0.717) is 5.92 Å². The second-order valence-corrected chi connectivity index (χ2v) is 8.09. The van der Waals surface area contributed by atoms with Gasteiger partial charge < -0.3 is 0 Å². The molecule has 3 rings (SSSR count). The Morgan fingerprint density at radius 2 is 1.94 bits per heavy atom. The third-order valence-electron chi connectivity index (χ3n) is 4.03. The molecular formula is C17H19Si. The molecule has 1 atom stereocenters. The van der Waals surface area contributed by atoms with Gasteiger partial charge in [0, 0.05) is 5.92 Å². The van der Waals surface area contributed by atoms with Crippen molar-refractivity contribution in [3.63, 3.8) is 0 Å². The molecule has 0 nitrogen and oxygen atoms in total. The number of hydrogen-bond acceptors (Lipinski definition) is 0. The van der Waals surface area contributed by atoms with Gasteiger partial charge in [-0.05, 0) is 30.0 Å². The SMILES string of the molecule is CC1=Cc2ccccc2C1C1=C([Si](C)C)CC=C1. The summed E-state index contributed by atoms with van der Waals surface area (Å²) in [6.45, 7) is 7.10. The summed E-state index contributed by atoms with van der Waals surface area (Å²) in [5, 5.41) is 1.72. The van der Waals surface area contributed by atoms with E-state index in [1.54, 1.807) is 10.8 Å². The Morgan fingerprint density at radius 3 is 2.72 bits per heavy atom. The molecule has 1 heteroatoms. The third kappa shape index (κ3) is 1.74. The Morgan fingerprint density at radius 1 is 1.17 bits per heavy atom. The first kappa shape index (κ1) is 11.7. The van der Waals surface area contributed by atoms with Gasteiger partial charge in [0.25, 0.3) is 0 Å². The van der Waals surface area contributed by atoms with Crippen LogP contribution in [0.15, 0.2) is 52.8 Å². The van der Waals surface area contributed by atoms with Crippen molar-refractivity contribution < 1.29 is 0 Å². The van der Waals surface area contributed by atoms with Crippen LogP contribution in [0, 0.1) is 0 Å². The maximum absolute atomic E-state index is 2.41. The van der Waals surface area contributed by atoms with Gasteiger partial charge in [-0.3, -0.25) is 0 Å². The number of hydrogen-bond donors (Lipinski definition) is 0. The summed E-state index contributed by atoms with van der Waals surface area (Å²) in [6.07, 6.45) is 8.25.